The van der Waals surface area contributed by atoms with E-state index in [1.165, 1.54) is 0 Å². The molecule has 0 radical (unpaired) electrons. The topological polar surface area (TPSA) is 63.2 Å². The molecule has 2 atom stereocenters. The van der Waals surface area contributed by atoms with Crippen LogP contribution < -0.4 is 5.32 Å². The summed E-state index contributed by atoms with van der Waals surface area (Å²) in [4.78, 5) is 12.0. The molecular weight excluding hydrogens is 309 g/mol. The van der Waals surface area contributed by atoms with Gasteiger partial charge in [0, 0.05) is 10.6 Å². The van der Waals surface area contributed by atoms with Gasteiger partial charge in [0.15, 0.2) is 9.84 Å². The molecule has 7 heteroatoms. The van der Waals surface area contributed by atoms with E-state index in [0.717, 1.165) is 5.56 Å². The van der Waals surface area contributed by atoms with Crippen LogP contribution in [0.2, 0.25) is 5.02 Å². The first-order valence-electron chi connectivity index (χ1n) is 5.70. The molecule has 1 aliphatic heterocycles. The van der Waals surface area contributed by atoms with Crippen LogP contribution in [0.1, 0.15) is 15.9 Å². The summed E-state index contributed by atoms with van der Waals surface area (Å²) in [5.74, 6) is -0.588. The number of hydrogen-bond acceptors (Lipinski definition) is 3. The Hall–Kier alpha value is -0.780. The van der Waals surface area contributed by atoms with E-state index >= 15 is 0 Å². The van der Waals surface area contributed by atoms with Crippen molar-refractivity contribution in [2.24, 2.45) is 0 Å². The van der Waals surface area contributed by atoms with E-state index in [9.17, 15) is 13.2 Å². The molecule has 1 heterocycles. The molecule has 104 valence electrons. The molecule has 0 bridgehead atoms. The summed E-state index contributed by atoms with van der Waals surface area (Å²) in [6, 6.07) is 4.38. The highest BCUT2D eigenvalue weighted by molar-refractivity contribution is 7.91. The molecule has 1 amide bonds. The summed E-state index contributed by atoms with van der Waals surface area (Å²) in [7, 11) is -3.16. The van der Waals surface area contributed by atoms with Crippen molar-refractivity contribution < 1.29 is 13.2 Å². The molecule has 0 spiro atoms. The lowest BCUT2D eigenvalue weighted by atomic mass is 10.1. The van der Waals surface area contributed by atoms with Crippen LogP contribution in [-0.2, 0) is 9.84 Å². The van der Waals surface area contributed by atoms with Gasteiger partial charge in [-0.15, -0.1) is 11.6 Å². The van der Waals surface area contributed by atoms with Gasteiger partial charge in [-0.1, -0.05) is 17.7 Å². The van der Waals surface area contributed by atoms with Crippen molar-refractivity contribution in [2.75, 3.05) is 11.5 Å². The number of nitrogens with one attached hydrogen (secondary N) is 1. The largest absolute Gasteiger partial charge is 0.347 e. The van der Waals surface area contributed by atoms with Gasteiger partial charge in [-0.3, -0.25) is 4.79 Å². The van der Waals surface area contributed by atoms with Crippen molar-refractivity contribution in [3.63, 3.8) is 0 Å². The second kappa shape index (κ2) is 5.31. The number of halogens is 2. The van der Waals surface area contributed by atoms with Gasteiger partial charge in [0.05, 0.1) is 22.9 Å². The van der Waals surface area contributed by atoms with Crippen molar-refractivity contribution >= 4 is 38.9 Å². The van der Waals surface area contributed by atoms with E-state index in [0.29, 0.717) is 10.6 Å². The third-order valence-electron chi connectivity index (χ3n) is 3.03. The van der Waals surface area contributed by atoms with Crippen LogP contribution in [0.15, 0.2) is 18.2 Å². The molecule has 1 aliphatic rings. The van der Waals surface area contributed by atoms with Crippen LogP contribution in [0, 0.1) is 6.92 Å². The van der Waals surface area contributed by atoms with E-state index in [1.54, 1.807) is 18.2 Å². The zero-order valence-corrected chi connectivity index (χ0v) is 12.5. The highest BCUT2D eigenvalue weighted by atomic mass is 35.5. The number of rotatable bonds is 2. The van der Waals surface area contributed by atoms with Crippen LogP contribution in [0.25, 0.3) is 0 Å². The zero-order chi connectivity index (χ0) is 14.2. The lowest BCUT2D eigenvalue weighted by molar-refractivity contribution is 0.0941. The van der Waals surface area contributed by atoms with Gasteiger partial charge >= 0.3 is 0 Å². The molecule has 1 N–H and O–H groups in total. The Morgan fingerprint density at radius 3 is 2.58 bits per heavy atom. The quantitative estimate of drug-likeness (QED) is 0.844. The molecule has 4 nitrogen and oxygen atoms in total. The monoisotopic (exact) mass is 321 g/mol. The molecular formula is C12H13Cl2NO3S. The minimum Gasteiger partial charge on any atom is -0.347 e. The number of sulfone groups is 1. The molecule has 1 saturated heterocycles. The number of carbonyl (C=O) groups is 1. The Kier molecular flexibility index (Phi) is 4.08. The van der Waals surface area contributed by atoms with Gasteiger partial charge in [-0.05, 0) is 24.6 Å². The van der Waals surface area contributed by atoms with Crippen molar-refractivity contribution in [3.8, 4) is 0 Å². The normalized spacial score (nSPS) is 25.2. The van der Waals surface area contributed by atoms with Gasteiger partial charge in [0.25, 0.3) is 5.91 Å². The van der Waals surface area contributed by atoms with Crippen molar-refractivity contribution in [1.82, 2.24) is 5.32 Å². The standard InChI is InChI=1S/C12H13Cl2NO3S/c1-7-2-3-8(4-9(7)13)12(16)15-11-6-19(17,18)5-10(11)14/h2-4,10-11H,5-6H2,1H3,(H,15,16). The number of amides is 1. The first-order valence-corrected chi connectivity index (χ1v) is 8.33. The van der Waals surface area contributed by atoms with Gasteiger partial charge < -0.3 is 5.32 Å². The summed E-state index contributed by atoms with van der Waals surface area (Å²) in [6.07, 6.45) is 0. The smallest absolute Gasteiger partial charge is 0.251 e. The molecule has 1 aromatic rings. The van der Waals surface area contributed by atoms with Crippen molar-refractivity contribution in [1.29, 1.82) is 0 Å². The summed E-state index contributed by atoms with van der Waals surface area (Å²) >= 11 is 11.9. The maximum Gasteiger partial charge on any atom is 0.251 e. The molecule has 0 saturated carbocycles. The van der Waals surface area contributed by atoms with Crippen molar-refractivity contribution in [2.45, 2.75) is 18.3 Å². The van der Waals surface area contributed by atoms with Crippen LogP contribution >= 0.6 is 23.2 Å². The number of benzene rings is 1. The fourth-order valence-electron chi connectivity index (χ4n) is 1.92. The molecule has 1 aromatic carbocycles. The van der Waals surface area contributed by atoms with Gasteiger partial charge in [0.1, 0.15) is 0 Å². The average Bonchev–Trinajstić information content (AvgIpc) is 2.55. The third-order valence-corrected chi connectivity index (χ3v) is 5.82. The number of hydrogen-bond donors (Lipinski definition) is 1. The average molecular weight is 322 g/mol. The maximum absolute atomic E-state index is 12.0. The highest BCUT2D eigenvalue weighted by Crippen LogP contribution is 2.20. The molecule has 1 fully saturated rings. The molecule has 19 heavy (non-hydrogen) atoms. The minimum atomic E-state index is -3.16. The second-order valence-corrected chi connectivity index (χ2v) is 7.76. The summed E-state index contributed by atoms with van der Waals surface area (Å²) in [6.45, 7) is 1.84. The molecule has 0 aliphatic carbocycles. The Bertz CT molecular complexity index is 615. The van der Waals surface area contributed by atoms with Crippen LogP contribution in [-0.4, -0.2) is 37.2 Å². The summed E-state index contributed by atoms with van der Waals surface area (Å²) in [5.41, 5.74) is 1.26. The van der Waals surface area contributed by atoms with E-state index in [-0.39, 0.29) is 17.4 Å². The van der Waals surface area contributed by atoms with Crippen LogP contribution in [0.5, 0.6) is 0 Å². The van der Waals surface area contributed by atoms with Gasteiger partial charge in [0.2, 0.25) is 0 Å². The van der Waals surface area contributed by atoms with E-state index < -0.39 is 21.3 Å². The Morgan fingerprint density at radius 2 is 2.05 bits per heavy atom. The number of aryl methyl sites for hydroxylation is 1. The van der Waals surface area contributed by atoms with Crippen LogP contribution in [0.3, 0.4) is 0 Å². The summed E-state index contributed by atoms with van der Waals surface area (Å²) in [5, 5.41) is 2.54. The second-order valence-electron chi connectivity index (χ2n) is 4.64. The van der Waals surface area contributed by atoms with Crippen LogP contribution in [0.4, 0.5) is 0 Å². The molecule has 0 aromatic heterocycles. The SMILES string of the molecule is Cc1ccc(C(=O)NC2CS(=O)(=O)CC2Cl)cc1Cl. The van der Waals surface area contributed by atoms with Gasteiger partial charge in [-0.25, -0.2) is 8.42 Å². The Morgan fingerprint density at radius 1 is 1.37 bits per heavy atom. The molecule has 2 rings (SSSR count). The maximum atomic E-state index is 12.0. The summed E-state index contributed by atoms with van der Waals surface area (Å²) < 4.78 is 22.8. The number of alkyl halides is 1. The lowest BCUT2D eigenvalue weighted by Gasteiger charge is -2.14. The van der Waals surface area contributed by atoms with Crippen molar-refractivity contribution in [3.05, 3.63) is 34.3 Å². The Labute approximate surface area is 122 Å². The first kappa shape index (κ1) is 14.6. The fourth-order valence-corrected chi connectivity index (χ4v) is 4.65. The highest BCUT2D eigenvalue weighted by Gasteiger charge is 2.37. The predicted octanol–water partition coefficient (Wildman–Crippen LogP) is 1.78. The predicted molar refractivity (Wildman–Crippen MR) is 75.7 cm³/mol. The van der Waals surface area contributed by atoms with E-state index in [4.69, 9.17) is 23.2 Å². The van der Waals surface area contributed by atoms with E-state index in [1.807, 2.05) is 6.92 Å². The number of carbonyl (C=O) groups excluding carboxylic acids is 1. The van der Waals surface area contributed by atoms with Gasteiger partial charge in [-0.2, -0.15) is 0 Å². The van der Waals surface area contributed by atoms with E-state index in [2.05, 4.69) is 5.32 Å². The third kappa shape index (κ3) is 3.41. The Balaban J connectivity index is 2.11. The molecule has 2 unspecified atom stereocenters. The minimum absolute atomic E-state index is 0.103. The first-order chi connectivity index (χ1) is 8.78. The lowest BCUT2D eigenvalue weighted by Crippen LogP contribution is -2.40. The zero-order valence-electron chi connectivity index (χ0n) is 10.2. The fraction of sp³-hybridized carbons (Fsp3) is 0.417.